The van der Waals surface area contributed by atoms with Crippen LogP contribution in [0.5, 0.6) is 0 Å². The summed E-state index contributed by atoms with van der Waals surface area (Å²) in [5, 5.41) is 2.88. The SMILES string of the molecule is CN(Cc1ccccc1)S(=O)(=O)c1ccc(Cl)c(C(=O)Nc2ccc(N3CCCC3=O)cc2)c1. The van der Waals surface area contributed by atoms with Crippen LogP contribution >= 0.6 is 11.6 Å². The second-order valence-electron chi connectivity index (χ2n) is 8.04. The fraction of sp³-hybridized carbons (Fsp3) is 0.200. The first-order valence-corrected chi connectivity index (χ1v) is 12.6. The van der Waals surface area contributed by atoms with Crippen molar-refractivity contribution in [3.05, 3.63) is 88.9 Å². The van der Waals surface area contributed by atoms with E-state index in [0.717, 1.165) is 17.7 Å². The molecule has 1 aliphatic rings. The lowest BCUT2D eigenvalue weighted by Gasteiger charge is -2.18. The van der Waals surface area contributed by atoms with E-state index < -0.39 is 15.9 Å². The minimum absolute atomic E-state index is 0.0247. The minimum Gasteiger partial charge on any atom is -0.322 e. The molecule has 176 valence electrons. The Hall–Kier alpha value is -3.20. The Balaban J connectivity index is 1.51. The van der Waals surface area contributed by atoms with E-state index in [4.69, 9.17) is 11.6 Å². The Kier molecular flexibility index (Phi) is 7.02. The normalized spacial score (nSPS) is 14.0. The van der Waals surface area contributed by atoms with E-state index in [9.17, 15) is 18.0 Å². The van der Waals surface area contributed by atoms with Gasteiger partial charge in [-0.1, -0.05) is 41.9 Å². The van der Waals surface area contributed by atoms with Crippen LogP contribution in [0.25, 0.3) is 0 Å². The molecule has 1 aliphatic heterocycles. The summed E-state index contributed by atoms with van der Waals surface area (Å²) in [7, 11) is -2.36. The number of carbonyl (C=O) groups is 2. The van der Waals surface area contributed by atoms with Crippen molar-refractivity contribution in [1.82, 2.24) is 4.31 Å². The van der Waals surface area contributed by atoms with Gasteiger partial charge >= 0.3 is 0 Å². The Morgan fingerprint density at radius 3 is 2.41 bits per heavy atom. The van der Waals surface area contributed by atoms with Crippen molar-refractivity contribution in [3.8, 4) is 0 Å². The molecule has 1 N–H and O–H groups in total. The number of carbonyl (C=O) groups excluding carboxylic acids is 2. The highest BCUT2D eigenvalue weighted by Crippen LogP contribution is 2.26. The summed E-state index contributed by atoms with van der Waals surface area (Å²) in [4.78, 5) is 26.5. The number of amides is 2. The van der Waals surface area contributed by atoms with Crippen LogP contribution < -0.4 is 10.2 Å². The van der Waals surface area contributed by atoms with Crippen LogP contribution in [0.15, 0.2) is 77.7 Å². The fourth-order valence-electron chi connectivity index (χ4n) is 3.79. The summed E-state index contributed by atoms with van der Waals surface area (Å²) >= 11 is 6.23. The average Bonchev–Trinajstić information content (AvgIpc) is 3.26. The van der Waals surface area contributed by atoms with Crippen molar-refractivity contribution >= 4 is 44.8 Å². The molecule has 1 saturated heterocycles. The first-order chi connectivity index (χ1) is 16.3. The topological polar surface area (TPSA) is 86.8 Å². The molecule has 0 spiro atoms. The monoisotopic (exact) mass is 497 g/mol. The second-order valence-corrected chi connectivity index (χ2v) is 10.5. The molecular weight excluding hydrogens is 474 g/mol. The van der Waals surface area contributed by atoms with Crippen LogP contribution in [0.3, 0.4) is 0 Å². The number of benzene rings is 3. The van der Waals surface area contributed by atoms with E-state index in [0.29, 0.717) is 18.7 Å². The van der Waals surface area contributed by atoms with Gasteiger partial charge in [0.25, 0.3) is 5.91 Å². The number of rotatable bonds is 7. The van der Waals surface area contributed by atoms with Gasteiger partial charge in [0, 0.05) is 37.9 Å². The lowest BCUT2D eigenvalue weighted by Crippen LogP contribution is -2.27. The van der Waals surface area contributed by atoms with Crippen molar-refractivity contribution in [1.29, 1.82) is 0 Å². The summed E-state index contributed by atoms with van der Waals surface area (Å²) in [6.07, 6.45) is 1.37. The maximum absolute atomic E-state index is 13.1. The minimum atomic E-state index is -3.85. The van der Waals surface area contributed by atoms with E-state index in [1.165, 1.54) is 29.6 Å². The van der Waals surface area contributed by atoms with Crippen molar-refractivity contribution in [3.63, 3.8) is 0 Å². The van der Waals surface area contributed by atoms with E-state index in [-0.39, 0.29) is 27.9 Å². The van der Waals surface area contributed by atoms with Crippen molar-refractivity contribution in [2.45, 2.75) is 24.3 Å². The third-order valence-electron chi connectivity index (χ3n) is 5.65. The van der Waals surface area contributed by atoms with Gasteiger partial charge in [0.2, 0.25) is 15.9 Å². The average molecular weight is 498 g/mol. The van der Waals surface area contributed by atoms with Crippen LogP contribution in [-0.4, -0.2) is 38.1 Å². The highest BCUT2D eigenvalue weighted by molar-refractivity contribution is 7.89. The van der Waals surface area contributed by atoms with E-state index >= 15 is 0 Å². The molecule has 0 radical (unpaired) electrons. The molecule has 1 heterocycles. The van der Waals surface area contributed by atoms with Crippen molar-refractivity contribution in [2.24, 2.45) is 0 Å². The second kappa shape index (κ2) is 9.97. The van der Waals surface area contributed by atoms with Gasteiger partial charge in [0.1, 0.15) is 0 Å². The molecule has 3 aromatic carbocycles. The van der Waals surface area contributed by atoms with Crippen LogP contribution in [-0.2, 0) is 21.4 Å². The summed E-state index contributed by atoms with van der Waals surface area (Å²) in [6.45, 7) is 0.874. The van der Waals surface area contributed by atoms with Gasteiger partial charge in [-0.25, -0.2) is 8.42 Å². The molecule has 7 nitrogen and oxygen atoms in total. The Morgan fingerprint density at radius 2 is 1.76 bits per heavy atom. The maximum Gasteiger partial charge on any atom is 0.257 e. The van der Waals surface area contributed by atoms with Crippen LogP contribution in [0.1, 0.15) is 28.8 Å². The number of hydrogen-bond acceptors (Lipinski definition) is 4. The molecule has 0 aromatic heterocycles. The van der Waals surface area contributed by atoms with Crippen LogP contribution in [0.2, 0.25) is 5.02 Å². The van der Waals surface area contributed by atoms with E-state index in [1.807, 2.05) is 30.3 Å². The summed E-state index contributed by atoms with van der Waals surface area (Å²) in [5.74, 6) is -0.448. The molecule has 3 aromatic rings. The molecule has 0 unspecified atom stereocenters. The number of halogens is 1. The van der Waals surface area contributed by atoms with Gasteiger partial charge in [0.15, 0.2) is 0 Å². The van der Waals surface area contributed by atoms with Gasteiger partial charge in [0.05, 0.1) is 15.5 Å². The smallest absolute Gasteiger partial charge is 0.257 e. The molecule has 2 amide bonds. The third-order valence-corrected chi connectivity index (χ3v) is 7.78. The predicted molar refractivity (Wildman–Crippen MR) is 133 cm³/mol. The van der Waals surface area contributed by atoms with Crippen LogP contribution in [0, 0.1) is 0 Å². The van der Waals surface area contributed by atoms with E-state index in [2.05, 4.69) is 5.32 Å². The molecule has 34 heavy (non-hydrogen) atoms. The molecule has 0 saturated carbocycles. The van der Waals surface area contributed by atoms with Gasteiger partial charge in [-0.05, 0) is 54.4 Å². The van der Waals surface area contributed by atoms with Crippen molar-refractivity contribution in [2.75, 3.05) is 23.8 Å². The largest absolute Gasteiger partial charge is 0.322 e. The number of hydrogen-bond donors (Lipinski definition) is 1. The van der Waals surface area contributed by atoms with Gasteiger partial charge in [-0.3, -0.25) is 9.59 Å². The highest BCUT2D eigenvalue weighted by atomic mass is 35.5. The molecule has 4 rings (SSSR count). The zero-order valence-electron chi connectivity index (χ0n) is 18.6. The quantitative estimate of drug-likeness (QED) is 0.519. The Bertz CT molecular complexity index is 1310. The van der Waals surface area contributed by atoms with Crippen LogP contribution in [0.4, 0.5) is 11.4 Å². The number of nitrogens with zero attached hydrogens (tertiary/aromatic N) is 2. The molecule has 0 atom stereocenters. The number of anilines is 2. The molecule has 1 fully saturated rings. The highest BCUT2D eigenvalue weighted by Gasteiger charge is 2.24. The van der Waals surface area contributed by atoms with Crippen molar-refractivity contribution < 1.29 is 18.0 Å². The lowest BCUT2D eigenvalue weighted by molar-refractivity contribution is -0.117. The summed E-state index contributed by atoms with van der Waals surface area (Å²) in [6, 6.07) is 20.2. The zero-order chi connectivity index (χ0) is 24.3. The van der Waals surface area contributed by atoms with E-state index in [1.54, 1.807) is 29.2 Å². The standard InChI is InChI=1S/C25H24ClN3O4S/c1-28(17-18-6-3-2-4-7-18)34(32,33)21-13-14-23(26)22(16-21)25(31)27-19-9-11-20(12-10-19)29-15-5-8-24(29)30/h2-4,6-7,9-14,16H,5,8,15,17H2,1H3,(H,27,31). The third kappa shape index (κ3) is 5.14. The maximum atomic E-state index is 13.1. The Labute approximate surface area is 204 Å². The molecular formula is C25H24ClN3O4S. The zero-order valence-corrected chi connectivity index (χ0v) is 20.1. The number of nitrogens with one attached hydrogen (secondary N) is 1. The first-order valence-electron chi connectivity index (χ1n) is 10.8. The Morgan fingerprint density at radius 1 is 1.06 bits per heavy atom. The molecule has 9 heteroatoms. The predicted octanol–water partition coefficient (Wildman–Crippen LogP) is 4.54. The molecule has 0 bridgehead atoms. The lowest BCUT2D eigenvalue weighted by atomic mass is 10.2. The van der Waals surface area contributed by atoms with Gasteiger partial charge in [-0.2, -0.15) is 4.31 Å². The molecule has 0 aliphatic carbocycles. The first kappa shape index (κ1) is 23.9. The summed E-state index contributed by atoms with van der Waals surface area (Å²) in [5.41, 5.74) is 2.17. The van der Waals surface area contributed by atoms with Gasteiger partial charge < -0.3 is 10.2 Å². The van der Waals surface area contributed by atoms with Gasteiger partial charge in [-0.15, -0.1) is 0 Å². The fourth-order valence-corrected chi connectivity index (χ4v) is 5.18. The number of sulfonamides is 1. The summed E-state index contributed by atoms with van der Waals surface area (Å²) < 4.78 is 27.4.